The molecule has 0 amide bonds. The van der Waals surface area contributed by atoms with Crippen LogP contribution >= 0.6 is 11.3 Å². The highest BCUT2D eigenvalue weighted by Gasteiger charge is 2.25. The Hall–Kier alpha value is -1.07. The molecular formula is C9H14N2O6S2. The third-order valence-corrected chi connectivity index (χ3v) is 4.81. The van der Waals surface area contributed by atoms with Gasteiger partial charge in [0.1, 0.15) is 0 Å². The van der Waals surface area contributed by atoms with Gasteiger partial charge in [-0.2, -0.15) is 0 Å². The lowest BCUT2D eigenvalue weighted by atomic mass is 10.5. The molecule has 3 N–H and O–H groups in total. The van der Waals surface area contributed by atoms with Crippen LogP contribution < -0.4 is 4.72 Å². The second-order valence-corrected chi connectivity index (χ2v) is 6.20. The minimum Gasteiger partial charge on any atom is -0.476 e. The van der Waals surface area contributed by atoms with Crippen LogP contribution in [0.25, 0.3) is 0 Å². The molecular weight excluding hydrogens is 296 g/mol. The van der Waals surface area contributed by atoms with E-state index in [1.165, 1.54) is 5.51 Å². The number of aliphatic hydroxyl groups is 1. The maximum Gasteiger partial charge on any atom is 0.356 e. The Kier molecular flexibility index (Phi) is 6.31. The van der Waals surface area contributed by atoms with Crippen LogP contribution in [0.15, 0.2) is 9.72 Å². The van der Waals surface area contributed by atoms with E-state index in [0.717, 1.165) is 11.3 Å². The topological polar surface area (TPSA) is 126 Å². The first-order valence-electron chi connectivity index (χ1n) is 5.34. The van der Waals surface area contributed by atoms with Crippen LogP contribution in [-0.4, -0.2) is 55.9 Å². The van der Waals surface area contributed by atoms with Gasteiger partial charge in [-0.15, -0.1) is 11.3 Å². The predicted octanol–water partition coefficient (Wildman–Crippen LogP) is -0.481. The molecule has 0 aliphatic carbocycles. The van der Waals surface area contributed by atoms with Crippen molar-refractivity contribution in [2.24, 2.45) is 0 Å². The molecule has 0 aromatic carbocycles. The van der Waals surface area contributed by atoms with Crippen LogP contribution in [0.4, 0.5) is 0 Å². The van der Waals surface area contributed by atoms with Crippen LogP contribution in [-0.2, 0) is 14.8 Å². The van der Waals surface area contributed by atoms with E-state index >= 15 is 0 Å². The van der Waals surface area contributed by atoms with E-state index in [4.69, 9.17) is 14.9 Å². The molecule has 0 aliphatic heterocycles. The molecule has 1 aromatic rings. The Bertz CT molecular complexity index is 513. The first-order chi connectivity index (χ1) is 8.99. The van der Waals surface area contributed by atoms with Crippen LogP contribution in [0, 0.1) is 0 Å². The Labute approximate surface area is 114 Å². The summed E-state index contributed by atoms with van der Waals surface area (Å²) in [5, 5.41) is 17.3. The molecule has 0 saturated carbocycles. The van der Waals surface area contributed by atoms with Gasteiger partial charge in [0.05, 0.1) is 18.7 Å². The van der Waals surface area contributed by atoms with Gasteiger partial charge in [0.25, 0.3) is 10.0 Å². The standard InChI is InChI=1S/C9H14N2O6S2/c12-3-5-17-4-1-2-11-19(15,16)9-7(8(13)14)10-6-18-9/h6,11-12H,1-5H2,(H,13,14). The Morgan fingerprint density at radius 1 is 1.47 bits per heavy atom. The van der Waals surface area contributed by atoms with Gasteiger partial charge >= 0.3 is 5.97 Å². The molecule has 10 heteroatoms. The fraction of sp³-hybridized carbons (Fsp3) is 0.556. The smallest absolute Gasteiger partial charge is 0.356 e. The van der Waals surface area contributed by atoms with Gasteiger partial charge in [-0.25, -0.2) is 22.9 Å². The molecule has 8 nitrogen and oxygen atoms in total. The lowest BCUT2D eigenvalue weighted by molar-refractivity contribution is 0.0687. The number of rotatable bonds is 9. The number of thiazole rings is 1. The molecule has 0 atom stereocenters. The number of carboxylic acid groups (broad SMARTS) is 1. The molecule has 0 saturated heterocycles. The van der Waals surface area contributed by atoms with Crippen LogP contribution in [0.5, 0.6) is 0 Å². The number of hydrogen-bond donors (Lipinski definition) is 3. The first-order valence-corrected chi connectivity index (χ1v) is 7.70. The lowest BCUT2D eigenvalue weighted by Gasteiger charge is -2.05. The van der Waals surface area contributed by atoms with Gasteiger partial charge in [0, 0.05) is 13.2 Å². The first kappa shape index (κ1) is 16.0. The SMILES string of the molecule is O=C(O)c1ncsc1S(=O)(=O)NCCCOCCO. The van der Waals surface area contributed by atoms with E-state index in [1.54, 1.807) is 0 Å². The number of aromatic nitrogens is 1. The van der Waals surface area contributed by atoms with E-state index in [2.05, 4.69) is 9.71 Å². The molecule has 1 rings (SSSR count). The summed E-state index contributed by atoms with van der Waals surface area (Å²) in [5.74, 6) is -1.38. The van der Waals surface area contributed by atoms with Gasteiger partial charge in [0.15, 0.2) is 9.90 Å². The minimum atomic E-state index is -3.87. The summed E-state index contributed by atoms with van der Waals surface area (Å²) in [6.07, 6.45) is 0.417. The molecule has 0 aliphatic rings. The average molecular weight is 310 g/mol. The summed E-state index contributed by atoms with van der Waals surface area (Å²) in [6, 6.07) is 0. The summed E-state index contributed by atoms with van der Waals surface area (Å²) in [7, 11) is -3.87. The summed E-state index contributed by atoms with van der Waals surface area (Å²) < 4.78 is 30.6. The molecule has 0 radical (unpaired) electrons. The van der Waals surface area contributed by atoms with E-state index in [-0.39, 0.29) is 24.0 Å². The van der Waals surface area contributed by atoms with Crippen molar-refractivity contribution in [2.75, 3.05) is 26.4 Å². The lowest BCUT2D eigenvalue weighted by Crippen LogP contribution is -2.26. The molecule has 0 unspecified atom stereocenters. The summed E-state index contributed by atoms with van der Waals surface area (Å²) in [4.78, 5) is 14.3. The Morgan fingerprint density at radius 3 is 2.84 bits per heavy atom. The maximum absolute atomic E-state index is 11.8. The normalized spacial score (nSPS) is 11.6. The Balaban J connectivity index is 2.52. The second-order valence-electron chi connectivity index (χ2n) is 3.38. The van der Waals surface area contributed by atoms with Crippen molar-refractivity contribution in [3.05, 3.63) is 11.2 Å². The molecule has 1 aromatic heterocycles. The number of carbonyl (C=O) groups is 1. The zero-order valence-electron chi connectivity index (χ0n) is 9.90. The van der Waals surface area contributed by atoms with Crippen LogP contribution in [0.3, 0.4) is 0 Å². The minimum absolute atomic E-state index is 0.0887. The third-order valence-electron chi connectivity index (χ3n) is 1.97. The van der Waals surface area contributed by atoms with Gasteiger partial charge in [-0.1, -0.05) is 0 Å². The number of aliphatic hydroxyl groups excluding tert-OH is 1. The van der Waals surface area contributed by atoms with Crippen molar-refractivity contribution < 1.29 is 28.2 Å². The molecule has 0 fully saturated rings. The van der Waals surface area contributed by atoms with Crippen molar-refractivity contribution >= 4 is 27.3 Å². The highest BCUT2D eigenvalue weighted by Crippen LogP contribution is 2.19. The van der Waals surface area contributed by atoms with Gasteiger partial charge in [-0.3, -0.25) is 0 Å². The van der Waals surface area contributed by atoms with E-state index < -0.39 is 21.7 Å². The van der Waals surface area contributed by atoms with Crippen molar-refractivity contribution in [3.8, 4) is 0 Å². The molecule has 1 heterocycles. The highest BCUT2D eigenvalue weighted by molar-refractivity contribution is 7.91. The average Bonchev–Trinajstić information content (AvgIpc) is 2.83. The fourth-order valence-electron chi connectivity index (χ4n) is 1.18. The van der Waals surface area contributed by atoms with Gasteiger partial charge in [-0.05, 0) is 6.42 Å². The van der Waals surface area contributed by atoms with Crippen molar-refractivity contribution in [2.45, 2.75) is 10.6 Å². The van der Waals surface area contributed by atoms with Crippen molar-refractivity contribution in [1.82, 2.24) is 9.71 Å². The zero-order valence-corrected chi connectivity index (χ0v) is 11.5. The van der Waals surface area contributed by atoms with Gasteiger partial charge < -0.3 is 14.9 Å². The number of hydrogen-bond acceptors (Lipinski definition) is 7. The largest absolute Gasteiger partial charge is 0.476 e. The van der Waals surface area contributed by atoms with Gasteiger partial charge in [0.2, 0.25) is 0 Å². The number of ether oxygens (including phenoxy) is 1. The Morgan fingerprint density at radius 2 is 2.21 bits per heavy atom. The molecule has 19 heavy (non-hydrogen) atoms. The van der Waals surface area contributed by atoms with E-state index in [9.17, 15) is 13.2 Å². The molecule has 108 valence electrons. The number of aromatic carboxylic acids is 1. The predicted molar refractivity (Wildman–Crippen MR) is 66.8 cm³/mol. The molecule has 0 spiro atoms. The fourth-order valence-corrected chi connectivity index (χ4v) is 3.44. The van der Waals surface area contributed by atoms with E-state index in [1.807, 2.05) is 0 Å². The summed E-state index contributed by atoms with van der Waals surface area (Å²) >= 11 is 0.750. The summed E-state index contributed by atoms with van der Waals surface area (Å²) in [6.45, 7) is 0.529. The number of nitrogens with one attached hydrogen (secondary N) is 1. The maximum atomic E-state index is 11.8. The number of carboxylic acids is 1. The summed E-state index contributed by atoms with van der Waals surface area (Å²) in [5.41, 5.74) is 0.691. The highest BCUT2D eigenvalue weighted by atomic mass is 32.2. The monoisotopic (exact) mass is 310 g/mol. The second kappa shape index (κ2) is 7.50. The van der Waals surface area contributed by atoms with Crippen LogP contribution in [0.1, 0.15) is 16.9 Å². The van der Waals surface area contributed by atoms with Crippen molar-refractivity contribution in [1.29, 1.82) is 0 Å². The van der Waals surface area contributed by atoms with Crippen molar-refractivity contribution in [3.63, 3.8) is 0 Å². The molecule has 0 bridgehead atoms. The van der Waals surface area contributed by atoms with Crippen LogP contribution in [0.2, 0.25) is 0 Å². The van der Waals surface area contributed by atoms with E-state index in [0.29, 0.717) is 13.0 Å². The zero-order chi connectivity index (χ0) is 14.3. The number of nitrogens with zero attached hydrogens (tertiary/aromatic N) is 1. The third kappa shape index (κ3) is 4.84. The quantitative estimate of drug-likeness (QED) is 0.526. The number of sulfonamides is 1.